The average molecular weight is 239 g/mol. The molecule has 1 aromatic carbocycles. The van der Waals surface area contributed by atoms with Gasteiger partial charge in [0.1, 0.15) is 12.4 Å². The van der Waals surface area contributed by atoms with Crippen molar-refractivity contribution in [2.75, 3.05) is 25.6 Å². The molecule has 17 heavy (non-hydrogen) atoms. The highest BCUT2D eigenvalue weighted by atomic mass is 19.1. The number of methoxy groups -OCH3 is 1. The Balaban J connectivity index is 2.99. The Morgan fingerprint density at radius 2 is 2.06 bits per heavy atom. The SMILES string of the molecule is COC(=O)CN(C)c1cc(C(C)=O)ccc1F. The summed E-state index contributed by atoms with van der Waals surface area (Å²) < 4.78 is 18.0. The number of rotatable bonds is 4. The van der Waals surface area contributed by atoms with Gasteiger partial charge in [-0.2, -0.15) is 0 Å². The number of likely N-dealkylation sites (N-methyl/N-ethyl adjacent to an activating group) is 1. The zero-order chi connectivity index (χ0) is 13.0. The van der Waals surface area contributed by atoms with Gasteiger partial charge in [0.25, 0.3) is 0 Å². The number of ketones is 1. The fraction of sp³-hybridized carbons (Fsp3) is 0.333. The van der Waals surface area contributed by atoms with Crippen molar-refractivity contribution < 1.29 is 18.7 Å². The number of anilines is 1. The summed E-state index contributed by atoms with van der Waals surface area (Å²) in [5.74, 6) is -1.11. The summed E-state index contributed by atoms with van der Waals surface area (Å²) in [5.41, 5.74) is 0.598. The molecule has 0 unspecified atom stereocenters. The van der Waals surface area contributed by atoms with Gasteiger partial charge in [-0.3, -0.25) is 9.59 Å². The lowest BCUT2D eigenvalue weighted by Crippen LogP contribution is -2.27. The molecule has 0 aliphatic carbocycles. The molecule has 0 atom stereocenters. The standard InChI is InChI=1S/C12H14FNO3/c1-8(15)9-4-5-10(13)11(6-9)14(2)7-12(16)17-3/h4-6H,7H2,1-3H3. The Morgan fingerprint density at radius 1 is 1.41 bits per heavy atom. The van der Waals surface area contributed by atoms with Crippen LogP contribution in [0.5, 0.6) is 0 Å². The van der Waals surface area contributed by atoms with Gasteiger partial charge in [0.2, 0.25) is 0 Å². The molecule has 0 aromatic heterocycles. The van der Waals surface area contributed by atoms with Crippen LogP contribution in [0, 0.1) is 5.82 Å². The van der Waals surface area contributed by atoms with E-state index in [1.807, 2.05) is 0 Å². The minimum atomic E-state index is -0.485. The highest BCUT2D eigenvalue weighted by Gasteiger charge is 2.13. The third-order valence-electron chi connectivity index (χ3n) is 2.36. The van der Waals surface area contributed by atoms with E-state index in [2.05, 4.69) is 4.74 Å². The highest BCUT2D eigenvalue weighted by molar-refractivity contribution is 5.95. The van der Waals surface area contributed by atoms with E-state index in [9.17, 15) is 14.0 Å². The van der Waals surface area contributed by atoms with Gasteiger partial charge < -0.3 is 9.64 Å². The zero-order valence-corrected chi connectivity index (χ0v) is 9.99. The van der Waals surface area contributed by atoms with Crippen LogP contribution in [0.2, 0.25) is 0 Å². The van der Waals surface area contributed by atoms with Gasteiger partial charge in [-0.1, -0.05) is 0 Å². The van der Waals surface area contributed by atoms with E-state index < -0.39 is 11.8 Å². The molecule has 4 nitrogen and oxygen atoms in total. The Hall–Kier alpha value is -1.91. The first-order valence-corrected chi connectivity index (χ1v) is 5.04. The van der Waals surface area contributed by atoms with Gasteiger partial charge in [-0.05, 0) is 25.1 Å². The molecule has 0 N–H and O–H groups in total. The van der Waals surface area contributed by atoms with Crippen molar-refractivity contribution in [2.24, 2.45) is 0 Å². The molecule has 0 fully saturated rings. The molecule has 0 bridgehead atoms. The van der Waals surface area contributed by atoms with E-state index in [0.29, 0.717) is 5.56 Å². The summed E-state index contributed by atoms with van der Waals surface area (Å²) in [7, 11) is 2.82. The van der Waals surface area contributed by atoms with Gasteiger partial charge in [-0.15, -0.1) is 0 Å². The summed E-state index contributed by atoms with van der Waals surface area (Å²) in [6.07, 6.45) is 0. The largest absolute Gasteiger partial charge is 0.468 e. The lowest BCUT2D eigenvalue weighted by Gasteiger charge is -2.18. The van der Waals surface area contributed by atoms with Crippen LogP contribution in [0.25, 0.3) is 0 Å². The van der Waals surface area contributed by atoms with Crippen LogP contribution in [0.4, 0.5) is 10.1 Å². The third-order valence-corrected chi connectivity index (χ3v) is 2.36. The molecule has 0 amide bonds. The van der Waals surface area contributed by atoms with Crippen LogP contribution in [0.15, 0.2) is 18.2 Å². The van der Waals surface area contributed by atoms with E-state index in [0.717, 1.165) is 0 Å². The third kappa shape index (κ3) is 3.27. The predicted octanol–water partition coefficient (Wildman–Crippen LogP) is 1.64. The number of benzene rings is 1. The van der Waals surface area contributed by atoms with Crippen molar-refractivity contribution in [3.05, 3.63) is 29.6 Å². The lowest BCUT2D eigenvalue weighted by molar-refractivity contribution is -0.138. The normalized spacial score (nSPS) is 9.88. The van der Waals surface area contributed by atoms with E-state index in [4.69, 9.17) is 0 Å². The van der Waals surface area contributed by atoms with Crippen molar-refractivity contribution in [2.45, 2.75) is 6.92 Å². The molecule has 0 heterocycles. The smallest absolute Gasteiger partial charge is 0.325 e. The summed E-state index contributed by atoms with van der Waals surface area (Å²) >= 11 is 0. The predicted molar refractivity (Wildman–Crippen MR) is 61.7 cm³/mol. The van der Waals surface area contributed by atoms with E-state index >= 15 is 0 Å². The molecular formula is C12H14FNO3. The Morgan fingerprint density at radius 3 is 2.59 bits per heavy atom. The number of ether oxygens (including phenoxy) is 1. The quantitative estimate of drug-likeness (QED) is 0.592. The Kier molecular flexibility index (Phi) is 4.20. The minimum Gasteiger partial charge on any atom is -0.468 e. The van der Waals surface area contributed by atoms with Gasteiger partial charge in [0.05, 0.1) is 12.8 Å². The number of carbonyl (C=O) groups excluding carboxylic acids is 2. The summed E-state index contributed by atoms with van der Waals surface area (Å²) in [6.45, 7) is 1.33. The number of Topliss-reactive ketones (excluding diaryl/α,β-unsaturated/α-hetero) is 1. The van der Waals surface area contributed by atoms with E-state index in [-0.39, 0.29) is 18.0 Å². The molecule has 92 valence electrons. The zero-order valence-electron chi connectivity index (χ0n) is 9.99. The number of hydrogen-bond donors (Lipinski definition) is 0. The second-order valence-electron chi connectivity index (χ2n) is 3.65. The minimum absolute atomic E-state index is 0.0746. The van der Waals surface area contributed by atoms with Crippen LogP contribution >= 0.6 is 0 Å². The van der Waals surface area contributed by atoms with E-state index in [1.165, 1.54) is 37.1 Å². The topological polar surface area (TPSA) is 46.6 Å². The van der Waals surface area contributed by atoms with Gasteiger partial charge in [0, 0.05) is 12.6 Å². The summed E-state index contributed by atoms with van der Waals surface area (Å²) in [5, 5.41) is 0. The number of halogens is 1. The van der Waals surface area contributed by atoms with Gasteiger partial charge in [0.15, 0.2) is 5.78 Å². The second-order valence-corrected chi connectivity index (χ2v) is 3.65. The maximum absolute atomic E-state index is 13.5. The fourth-order valence-electron chi connectivity index (χ4n) is 1.37. The molecule has 0 radical (unpaired) electrons. The van der Waals surface area contributed by atoms with Crippen LogP contribution in [0.3, 0.4) is 0 Å². The van der Waals surface area contributed by atoms with Crippen molar-refractivity contribution in [3.63, 3.8) is 0 Å². The first-order chi connectivity index (χ1) is 7.95. The lowest BCUT2D eigenvalue weighted by atomic mass is 10.1. The number of esters is 1. The molecule has 0 aliphatic heterocycles. The maximum Gasteiger partial charge on any atom is 0.325 e. The van der Waals surface area contributed by atoms with Crippen molar-refractivity contribution in [3.8, 4) is 0 Å². The highest BCUT2D eigenvalue weighted by Crippen LogP contribution is 2.20. The first kappa shape index (κ1) is 13.2. The molecule has 0 saturated heterocycles. The average Bonchev–Trinajstić information content (AvgIpc) is 2.28. The Labute approximate surface area is 99.0 Å². The van der Waals surface area contributed by atoms with Crippen molar-refractivity contribution in [1.82, 2.24) is 0 Å². The molecule has 5 heteroatoms. The fourth-order valence-corrected chi connectivity index (χ4v) is 1.37. The summed E-state index contributed by atoms with van der Waals surface area (Å²) in [4.78, 5) is 23.6. The number of hydrogen-bond acceptors (Lipinski definition) is 4. The molecule has 0 aliphatic rings. The first-order valence-electron chi connectivity index (χ1n) is 5.04. The van der Waals surface area contributed by atoms with E-state index in [1.54, 1.807) is 7.05 Å². The van der Waals surface area contributed by atoms with Crippen LogP contribution < -0.4 is 4.90 Å². The van der Waals surface area contributed by atoms with Crippen molar-refractivity contribution >= 4 is 17.4 Å². The molecule has 1 aromatic rings. The maximum atomic E-state index is 13.5. The van der Waals surface area contributed by atoms with Crippen LogP contribution in [-0.2, 0) is 9.53 Å². The summed E-state index contributed by atoms with van der Waals surface area (Å²) in [6, 6.07) is 4.04. The van der Waals surface area contributed by atoms with Gasteiger partial charge >= 0.3 is 5.97 Å². The number of nitrogens with zero attached hydrogens (tertiary/aromatic N) is 1. The van der Waals surface area contributed by atoms with Gasteiger partial charge in [-0.25, -0.2) is 4.39 Å². The molecule has 0 spiro atoms. The number of carbonyl (C=O) groups is 2. The second kappa shape index (κ2) is 5.43. The molecular weight excluding hydrogens is 225 g/mol. The monoisotopic (exact) mass is 239 g/mol. The van der Waals surface area contributed by atoms with Crippen LogP contribution in [0.1, 0.15) is 17.3 Å². The van der Waals surface area contributed by atoms with Crippen LogP contribution in [-0.4, -0.2) is 32.5 Å². The molecule has 1 rings (SSSR count). The molecule has 0 saturated carbocycles. The Bertz CT molecular complexity index is 445. The van der Waals surface area contributed by atoms with Crippen molar-refractivity contribution in [1.29, 1.82) is 0 Å².